The fraction of sp³-hybridized carbons (Fsp3) is 0.423. The first-order valence-electron chi connectivity index (χ1n) is 12.2. The molecule has 8 N–H and O–H groups in total. The van der Waals surface area contributed by atoms with Crippen LogP contribution in [0.2, 0.25) is 0 Å². The predicted molar refractivity (Wildman–Crippen MR) is 132 cm³/mol. The van der Waals surface area contributed by atoms with Crippen molar-refractivity contribution in [1.82, 2.24) is 0 Å². The molecule has 0 bridgehead atoms. The van der Waals surface area contributed by atoms with E-state index in [1.807, 2.05) is 0 Å². The van der Waals surface area contributed by atoms with Crippen molar-refractivity contribution in [3.05, 3.63) is 52.7 Å². The Bertz CT molecular complexity index is 1410. The second kappa shape index (κ2) is 10.9. The molecule has 0 saturated carbocycles. The number of hydrogen-bond donors (Lipinski definition) is 8. The number of aliphatic hydroxyl groups is 6. The van der Waals surface area contributed by atoms with E-state index >= 15 is 0 Å². The lowest BCUT2D eigenvalue weighted by atomic mass is 9.98. The van der Waals surface area contributed by atoms with Crippen molar-refractivity contribution in [2.24, 2.45) is 0 Å². The monoisotopic (exact) mass is 564 g/mol. The maximum atomic E-state index is 12.8. The summed E-state index contributed by atoms with van der Waals surface area (Å²) in [5, 5.41) is 80.7. The van der Waals surface area contributed by atoms with Crippen LogP contribution < -0.4 is 10.2 Å². The molecule has 0 spiro atoms. The highest BCUT2D eigenvalue weighted by Crippen LogP contribution is 2.35. The molecule has 14 nitrogen and oxygen atoms in total. The minimum Gasteiger partial charge on any atom is -0.508 e. The van der Waals surface area contributed by atoms with Gasteiger partial charge in [-0.3, -0.25) is 4.79 Å². The van der Waals surface area contributed by atoms with Gasteiger partial charge in [-0.25, -0.2) is 0 Å². The van der Waals surface area contributed by atoms with Crippen molar-refractivity contribution in [1.29, 1.82) is 0 Å². The summed E-state index contributed by atoms with van der Waals surface area (Å²) in [5.41, 5.74) is -2.22. The highest BCUT2D eigenvalue weighted by molar-refractivity contribution is 5.86. The van der Waals surface area contributed by atoms with Gasteiger partial charge in [-0.05, 0) is 24.3 Å². The normalized spacial score (nSPS) is 32.4. The molecule has 3 heterocycles. The Morgan fingerprint density at radius 1 is 0.975 bits per heavy atom. The summed E-state index contributed by atoms with van der Waals surface area (Å²) in [6.45, 7) is -2.06. The Balaban J connectivity index is 1.47. The summed E-state index contributed by atoms with van der Waals surface area (Å²) in [4.78, 5) is 12.8. The largest absolute Gasteiger partial charge is 0.508 e. The molecule has 0 radical (unpaired) electrons. The highest BCUT2D eigenvalue weighted by atomic mass is 16.8. The lowest BCUT2D eigenvalue weighted by Crippen LogP contribution is -2.62. The van der Waals surface area contributed by atoms with Gasteiger partial charge in [0.05, 0.1) is 19.8 Å². The molecular weight excluding hydrogens is 536 g/mol. The highest BCUT2D eigenvalue weighted by Gasteiger charge is 2.53. The molecule has 40 heavy (non-hydrogen) atoms. The van der Waals surface area contributed by atoms with E-state index in [1.165, 1.54) is 36.4 Å². The van der Waals surface area contributed by atoms with Crippen molar-refractivity contribution in [2.75, 3.05) is 19.8 Å². The van der Waals surface area contributed by atoms with Crippen LogP contribution in [0.1, 0.15) is 0 Å². The molecule has 2 aliphatic heterocycles. The van der Waals surface area contributed by atoms with Gasteiger partial charge in [-0.2, -0.15) is 0 Å². The van der Waals surface area contributed by atoms with Crippen LogP contribution in [0.25, 0.3) is 22.3 Å². The number of hydrogen-bond acceptors (Lipinski definition) is 14. The zero-order chi connectivity index (χ0) is 28.8. The molecule has 5 rings (SSSR count). The van der Waals surface area contributed by atoms with Crippen molar-refractivity contribution >= 4 is 11.0 Å². The van der Waals surface area contributed by atoms with E-state index in [1.54, 1.807) is 0 Å². The van der Waals surface area contributed by atoms with Crippen LogP contribution in [-0.2, 0) is 14.2 Å². The molecule has 6 unspecified atom stereocenters. The van der Waals surface area contributed by atoms with E-state index in [-0.39, 0.29) is 28.2 Å². The third kappa shape index (κ3) is 5.12. The third-order valence-electron chi connectivity index (χ3n) is 6.88. The zero-order valence-corrected chi connectivity index (χ0v) is 20.7. The van der Waals surface area contributed by atoms with E-state index in [0.29, 0.717) is 5.56 Å². The molecular formula is C26H28O14. The Morgan fingerprint density at radius 3 is 2.35 bits per heavy atom. The van der Waals surface area contributed by atoms with E-state index in [4.69, 9.17) is 23.4 Å². The molecule has 1 aromatic heterocycles. The van der Waals surface area contributed by atoms with Crippen molar-refractivity contribution in [3.63, 3.8) is 0 Å². The molecule has 3 aromatic rings. The standard InChI is InChI=1S/C26H28O14/c27-8-18-20(32)21(33)22(40-25-23(34)26(35,9-28)10-36-25)24(39-18)37-13-5-14(30)19-15(31)7-16(38-17(19)6-13)11-1-3-12(29)4-2-11/h1-7,18,20-25,27-30,32-35H,8-10H2/t18?,20?,21?,22?,23?,24?,25-,26+/m0/s1. The summed E-state index contributed by atoms with van der Waals surface area (Å²) >= 11 is 0. The van der Waals surface area contributed by atoms with E-state index in [9.17, 15) is 45.6 Å². The van der Waals surface area contributed by atoms with Crippen molar-refractivity contribution in [3.8, 4) is 28.6 Å². The van der Waals surface area contributed by atoms with Crippen LogP contribution >= 0.6 is 0 Å². The van der Waals surface area contributed by atoms with Gasteiger partial charge in [0.25, 0.3) is 0 Å². The second-order valence-corrected chi connectivity index (χ2v) is 9.65. The quantitative estimate of drug-likeness (QED) is 0.164. The Labute approximate surface area is 225 Å². The first-order valence-corrected chi connectivity index (χ1v) is 12.2. The maximum absolute atomic E-state index is 12.8. The van der Waals surface area contributed by atoms with Crippen molar-refractivity contribution in [2.45, 2.75) is 48.7 Å². The maximum Gasteiger partial charge on any atom is 0.229 e. The fourth-order valence-electron chi connectivity index (χ4n) is 4.57. The Hall–Kier alpha value is -3.31. The van der Waals surface area contributed by atoms with E-state index < -0.39 is 79.7 Å². The van der Waals surface area contributed by atoms with Gasteiger partial charge in [0.2, 0.25) is 6.29 Å². The number of rotatable bonds is 7. The molecule has 14 heteroatoms. The van der Waals surface area contributed by atoms with Crippen LogP contribution in [0.5, 0.6) is 17.2 Å². The first kappa shape index (κ1) is 28.2. The topological polar surface area (TPSA) is 229 Å². The molecule has 2 aliphatic rings. The second-order valence-electron chi connectivity index (χ2n) is 9.65. The van der Waals surface area contributed by atoms with Crippen LogP contribution in [0.15, 0.2) is 51.7 Å². The van der Waals surface area contributed by atoms with Gasteiger partial charge in [-0.15, -0.1) is 0 Å². The summed E-state index contributed by atoms with van der Waals surface area (Å²) in [6.07, 6.45) is -11.2. The number of benzene rings is 2. The molecule has 2 aromatic carbocycles. The lowest BCUT2D eigenvalue weighted by molar-refractivity contribution is -0.318. The van der Waals surface area contributed by atoms with Crippen LogP contribution in [-0.4, -0.2) is 109 Å². The van der Waals surface area contributed by atoms with Gasteiger partial charge in [0.15, 0.2) is 17.8 Å². The molecule has 2 saturated heterocycles. The number of phenols is 2. The lowest BCUT2D eigenvalue weighted by Gasteiger charge is -2.42. The van der Waals surface area contributed by atoms with Crippen LogP contribution in [0.4, 0.5) is 0 Å². The van der Waals surface area contributed by atoms with Gasteiger partial charge in [-0.1, -0.05) is 0 Å². The van der Waals surface area contributed by atoms with E-state index in [0.717, 1.165) is 6.07 Å². The number of aliphatic hydroxyl groups excluding tert-OH is 5. The van der Waals surface area contributed by atoms with Gasteiger partial charge < -0.3 is 64.2 Å². The average Bonchev–Trinajstić information content (AvgIpc) is 3.21. The number of ether oxygens (including phenoxy) is 4. The van der Waals surface area contributed by atoms with Gasteiger partial charge >= 0.3 is 0 Å². The summed E-state index contributed by atoms with van der Waals surface area (Å²) in [5.74, 6) is -0.496. The zero-order valence-electron chi connectivity index (χ0n) is 20.7. The number of aromatic hydroxyl groups is 2. The molecule has 216 valence electrons. The summed E-state index contributed by atoms with van der Waals surface area (Å²) in [7, 11) is 0. The average molecular weight is 564 g/mol. The Morgan fingerprint density at radius 2 is 1.70 bits per heavy atom. The van der Waals surface area contributed by atoms with Crippen molar-refractivity contribution < 1.29 is 64.2 Å². The summed E-state index contributed by atoms with van der Waals surface area (Å²) in [6, 6.07) is 9.37. The SMILES string of the molecule is O=c1cc(-c2ccc(O)cc2)oc2cc(OC3OC(CO)C(O)C(O)C3O[C@@H]3OC[C@](O)(CO)C3O)cc(O)c12. The van der Waals surface area contributed by atoms with E-state index in [2.05, 4.69) is 0 Å². The summed E-state index contributed by atoms with van der Waals surface area (Å²) < 4.78 is 28.0. The minimum atomic E-state index is -2.04. The molecule has 0 amide bonds. The predicted octanol–water partition coefficient (Wildman–Crippen LogP) is -1.49. The van der Waals surface area contributed by atoms with Gasteiger partial charge in [0, 0.05) is 23.8 Å². The number of fused-ring (bicyclic) bond motifs is 1. The number of phenolic OH excluding ortho intramolecular Hbond substituents is 2. The van der Waals surface area contributed by atoms with Crippen LogP contribution in [0, 0.1) is 0 Å². The van der Waals surface area contributed by atoms with Crippen LogP contribution in [0.3, 0.4) is 0 Å². The molecule has 8 atom stereocenters. The smallest absolute Gasteiger partial charge is 0.229 e. The van der Waals surface area contributed by atoms with Gasteiger partial charge in [0.1, 0.15) is 64.0 Å². The molecule has 0 aliphatic carbocycles. The fourth-order valence-corrected chi connectivity index (χ4v) is 4.57. The molecule has 2 fully saturated rings. The third-order valence-corrected chi connectivity index (χ3v) is 6.88. The first-order chi connectivity index (χ1) is 19.0. The minimum absolute atomic E-state index is 0.00882. The Kier molecular flexibility index (Phi) is 7.71.